The molecular formula is C16H17Cl. The Kier molecular flexibility index (Phi) is 3.54. The van der Waals surface area contributed by atoms with Crippen molar-refractivity contribution in [2.45, 2.75) is 26.7 Å². The molecule has 0 N–H and O–H groups in total. The van der Waals surface area contributed by atoms with Gasteiger partial charge in [0.05, 0.1) is 0 Å². The quantitative estimate of drug-likeness (QED) is 0.660. The van der Waals surface area contributed by atoms with Crippen LogP contribution < -0.4 is 0 Å². The first-order valence-electron chi connectivity index (χ1n) is 5.94. The zero-order chi connectivity index (χ0) is 12.4. The maximum absolute atomic E-state index is 6.11. The third-order valence-corrected chi connectivity index (χ3v) is 3.20. The third-order valence-electron chi connectivity index (χ3n) is 2.97. The van der Waals surface area contributed by atoms with Crippen LogP contribution in [0.5, 0.6) is 0 Å². The molecule has 0 atom stereocenters. The number of rotatable bonds is 2. The van der Waals surface area contributed by atoms with E-state index in [0.29, 0.717) is 5.92 Å². The molecule has 0 saturated carbocycles. The molecule has 2 aromatic rings. The van der Waals surface area contributed by atoms with E-state index in [1.807, 2.05) is 6.07 Å². The molecule has 0 amide bonds. The zero-order valence-electron chi connectivity index (χ0n) is 10.5. The maximum atomic E-state index is 6.11. The van der Waals surface area contributed by atoms with Gasteiger partial charge >= 0.3 is 0 Å². The highest BCUT2D eigenvalue weighted by atomic mass is 35.5. The summed E-state index contributed by atoms with van der Waals surface area (Å²) >= 11 is 6.11. The van der Waals surface area contributed by atoms with Gasteiger partial charge in [-0.05, 0) is 41.7 Å². The van der Waals surface area contributed by atoms with Crippen molar-refractivity contribution >= 4 is 11.6 Å². The van der Waals surface area contributed by atoms with Gasteiger partial charge in [0, 0.05) is 5.02 Å². The van der Waals surface area contributed by atoms with Crippen molar-refractivity contribution < 1.29 is 0 Å². The summed E-state index contributed by atoms with van der Waals surface area (Å²) in [5, 5.41) is 0.797. The fraction of sp³-hybridized carbons (Fsp3) is 0.250. The molecule has 0 aromatic heterocycles. The van der Waals surface area contributed by atoms with E-state index in [2.05, 4.69) is 57.2 Å². The Morgan fingerprint density at radius 2 is 1.76 bits per heavy atom. The van der Waals surface area contributed by atoms with Crippen LogP contribution in [0.3, 0.4) is 0 Å². The van der Waals surface area contributed by atoms with Gasteiger partial charge in [0.15, 0.2) is 0 Å². The molecule has 17 heavy (non-hydrogen) atoms. The molecule has 1 heteroatoms. The summed E-state index contributed by atoms with van der Waals surface area (Å²) in [7, 11) is 0. The van der Waals surface area contributed by atoms with Gasteiger partial charge in [-0.2, -0.15) is 0 Å². The Labute approximate surface area is 108 Å². The van der Waals surface area contributed by atoms with Crippen molar-refractivity contribution in [3.8, 4) is 11.1 Å². The summed E-state index contributed by atoms with van der Waals surface area (Å²) in [6.07, 6.45) is 0. The highest BCUT2D eigenvalue weighted by Crippen LogP contribution is 2.31. The largest absolute Gasteiger partial charge is 0.0843 e. The van der Waals surface area contributed by atoms with Gasteiger partial charge in [-0.25, -0.2) is 0 Å². The van der Waals surface area contributed by atoms with Crippen LogP contribution in [0.4, 0.5) is 0 Å². The first-order valence-corrected chi connectivity index (χ1v) is 6.32. The van der Waals surface area contributed by atoms with Crippen LogP contribution in [-0.4, -0.2) is 0 Å². The van der Waals surface area contributed by atoms with Crippen molar-refractivity contribution in [2.24, 2.45) is 0 Å². The van der Waals surface area contributed by atoms with E-state index in [1.54, 1.807) is 0 Å². The van der Waals surface area contributed by atoms with Gasteiger partial charge in [0.2, 0.25) is 0 Å². The molecule has 0 unspecified atom stereocenters. The number of halogens is 1. The van der Waals surface area contributed by atoms with Gasteiger partial charge in [-0.1, -0.05) is 61.3 Å². The van der Waals surface area contributed by atoms with Crippen LogP contribution in [0.2, 0.25) is 5.02 Å². The number of aryl methyl sites for hydroxylation is 1. The highest BCUT2D eigenvalue weighted by molar-refractivity contribution is 6.30. The van der Waals surface area contributed by atoms with Gasteiger partial charge < -0.3 is 0 Å². The Balaban J connectivity index is 2.61. The number of benzene rings is 2. The smallest absolute Gasteiger partial charge is 0.0412 e. The molecule has 2 aromatic carbocycles. The summed E-state index contributed by atoms with van der Waals surface area (Å²) in [4.78, 5) is 0. The molecule has 0 aliphatic carbocycles. The predicted octanol–water partition coefficient (Wildman–Crippen LogP) is 5.44. The molecule has 0 nitrogen and oxygen atoms in total. The molecule has 0 bridgehead atoms. The van der Waals surface area contributed by atoms with Crippen LogP contribution in [0, 0.1) is 6.92 Å². The predicted molar refractivity (Wildman–Crippen MR) is 75.7 cm³/mol. The Hall–Kier alpha value is -1.27. The molecule has 0 spiro atoms. The lowest BCUT2D eigenvalue weighted by molar-refractivity contribution is 0.869. The van der Waals surface area contributed by atoms with Crippen LogP contribution >= 0.6 is 11.6 Å². The highest BCUT2D eigenvalue weighted by Gasteiger charge is 2.09. The summed E-state index contributed by atoms with van der Waals surface area (Å²) in [6.45, 7) is 6.54. The van der Waals surface area contributed by atoms with Crippen LogP contribution in [0.15, 0.2) is 42.5 Å². The third kappa shape index (κ3) is 2.70. The lowest BCUT2D eigenvalue weighted by Crippen LogP contribution is -1.92. The van der Waals surface area contributed by atoms with E-state index >= 15 is 0 Å². The minimum absolute atomic E-state index is 0.503. The second-order valence-corrected chi connectivity index (χ2v) is 5.19. The fourth-order valence-corrected chi connectivity index (χ4v) is 2.27. The Morgan fingerprint density at radius 1 is 1.00 bits per heavy atom. The van der Waals surface area contributed by atoms with E-state index in [1.165, 1.54) is 22.3 Å². The minimum Gasteiger partial charge on any atom is -0.0843 e. The summed E-state index contributed by atoms with van der Waals surface area (Å²) in [5.74, 6) is 0.503. The first-order chi connectivity index (χ1) is 8.08. The van der Waals surface area contributed by atoms with E-state index in [4.69, 9.17) is 11.6 Å². The SMILES string of the molecule is Cc1cccc(-c2cc(Cl)ccc2C(C)C)c1. The van der Waals surface area contributed by atoms with Crippen molar-refractivity contribution in [1.29, 1.82) is 0 Å². The van der Waals surface area contributed by atoms with Gasteiger partial charge in [-0.3, -0.25) is 0 Å². The first kappa shape index (κ1) is 12.2. The molecule has 0 aliphatic rings. The zero-order valence-corrected chi connectivity index (χ0v) is 11.3. The van der Waals surface area contributed by atoms with Crippen LogP contribution in [0.1, 0.15) is 30.9 Å². The monoisotopic (exact) mass is 244 g/mol. The molecule has 0 fully saturated rings. The van der Waals surface area contributed by atoms with E-state index in [-0.39, 0.29) is 0 Å². The Bertz CT molecular complexity index is 527. The Morgan fingerprint density at radius 3 is 2.41 bits per heavy atom. The van der Waals surface area contributed by atoms with E-state index < -0.39 is 0 Å². The van der Waals surface area contributed by atoms with Crippen molar-refractivity contribution in [2.75, 3.05) is 0 Å². The van der Waals surface area contributed by atoms with Gasteiger partial charge in [0.25, 0.3) is 0 Å². The molecular weight excluding hydrogens is 228 g/mol. The molecule has 0 heterocycles. The second kappa shape index (κ2) is 4.93. The molecule has 88 valence electrons. The minimum atomic E-state index is 0.503. The molecule has 0 saturated heterocycles. The lowest BCUT2D eigenvalue weighted by atomic mass is 9.92. The average Bonchev–Trinajstić information content (AvgIpc) is 2.28. The summed E-state index contributed by atoms with van der Waals surface area (Å²) in [5.41, 5.74) is 5.12. The van der Waals surface area contributed by atoms with Crippen molar-refractivity contribution in [1.82, 2.24) is 0 Å². The average molecular weight is 245 g/mol. The van der Waals surface area contributed by atoms with E-state index in [0.717, 1.165) is 5.02 Å². The van der Waals surface area contributed by atoms with Crippen LogP contribution in [-0.2, 0) is 0 Å². The number of hydrogen-bond acceptors (Lipinski definition) is 0. The molecule has 2 rings (SSSR count). The molecule has 0 radical (unpaired) electrons. The van der Waals surface area contributed by atoms with Gasteiger partial charge in [-0.15, -0.1) is 0 Å². The second-order valence-electron chi connectivity index (χ2n) is 4.76. The maximum Gasteiger partial charge on any atom is 0.0412 e. The summed E-state index contributed by atoms with van der Waals surface area (Å²) < 4.78 is 0. The van der Waals surface area contributed by atoms with Crippen LogP contribution in [0.25, 0.3) is 11.1 Å². The normalized spacial score (nSPS) is 10.9. The summed E-state index contributed by atoms with van der Waals surface area (Å²) in [6, 6.07) is 14.7. The lowest BCUT2D eigenvalue weighted by Gasteiger charge is -2.14. The van der Waals surface area contributed by atoms with Crippen molar-refractivity contribution in [3.63, 3.8) is 0 Å². The number of hydrogen-bond donors (Lipinski definition) is 0. The fourth-order valence-electron chi connectivity index (χ4n) is 2.09. The van der Waals surface area contributed by atoms with Gasteiger partial charge in [0.1, 0.15) is 0 Å². The van der Waals surface area contributed by atoms with Crippen molar-refractivity contribution in [3.05, 3.63) is 58.6 Å². The van der Waals surface area contributed by atoms with E-state index in [9.17, 15) is 0 Å². The standard InChI is InChI=1S/C16H17Cl/c1-11(2)15-8-7-14(17)10-16(15)13-6-4-5-12(3)9-13/h4-11H,1-3H3. The molecule has 0 aliphatic heterocycles. The topological polar surface area (TPSA) is 0 Å².